The SMILES string of the molecule is CCCCC/C=C\C/C=C\CCCCCCCC(=O)OCC(COC(=O)CCC12CC3CC(CC(C3)C1)C2)COC(=O)CN(C)C. The number of ether oxygens (including phenoxy) is 3. The molecule has 262 valence electrons. The molecule has 0 heterocycles. The Morgan fingerprint density at radius 1 is 0.674 bits per heavy atom. The van der Waals surface area contributed by atoms with Gasteiger partial charge in [-0.05, 0) is 121 Å². The lowest BCUT2D eigenvalue weighted by atomic mass is 9.48. The lowest BCUT2D eigenvalue weighted by Crippen LogP contribution is -2.46. The van der Waals surface area contributed by atoms with E-state index in [1.807, 2.05) is 0 Å². The normalized spacial score (nSPS) is 24.2. The van der Waals surface area contributed by atoms with E-state index in [1.54, 1.807) is 19.0 Å². The molecule has 0 aliphatic heterocycles. The molecule has 0 N–H and O–H groups in total. The van der Waals surface area contributed by atoms with Crippen LogP contribution in [0.1, 0.15) is 135 Å². The van der Waals surface area contributed by atoms with E-state index in [0.717, 1.165) is 56.3 Å². The van der Waals surface area contributed by atoms with E-state index in [9.17, 15) is 14.4 Å². The van der Waals surface area contributed by atoms with Gasteiger partial charge in [0, 0.05) is 12.8 Å². The summed E-state index contributed by atoms with van der Waals surface area (Å²) in [6, 6.07) is 0. The fraction of sp³-hybridized carbons (Fsp3) is 0.821. The Balaban J connectivity index is 1.27. The van der Waals surface area contributed by atoms with Crippen molar-refractivity contribution in [3.63, 3.8) is 0 Å². The summed E-state index contributed by atoms with van der Waals surface area (Å²) in [6.45, 7) is 2.64. The zero-order valence-corrected chi connectivity index (χ0v) is 29.5. The van der Waals surface area contributed by atoms with Crippen molar-refractivity contribution in [2.24, 2.45) is 29.1 Å². The maximum atomic E-state index is 12.8. The minimum atomic E-state index is -0.372. The van der Waals surface area contributed by atoms with Crippen molar-refractivity contribution < 1.29 is 28.6 Å². The molecule has 1 atom stereocenters. The number of carbonyl (C=O) groups excluding carboxylic acids is 3. The van der Waals surface area contributed by atoms with Gasteiger partial charge in [0.2, 0.25) is 0 Å². The highest BCUT2D eigenvalue weighted by molar-refractivity contribution is 5.71. The molecule has 0 aromatic carbocycles. The Hall–Kier alpha value is -2.15. The first-order valence-corrected chi connectivity index (χ1v) is 18.7. The quantitative estimate of drug-likeness (QED) is 0.0426. The molecule has 7 nitrogen and oxygen atoms in total. The first kappa shape index (κ1) is 38.3. The van der Waals surface area contributed by atoms with Gasteiger partial charge in [-0.2, -0.15) is 0 Å². The Labute approximate surface area is 280 Å². The first-order chi connectivity index (χ1) is 22.3. The zero-order chi connectivity index (χ0) is 33.0. The third-order valence-electron chi connectivity index (χ3n) is 10.2. The minimum absolute atomic E-state index is 0.0614. The largest absolute Gasteiger partial charge is 0.465 e. The highest BCUT2D eigenvalue weighted by Gasteiger charge is 2.50. The number of rotatable bonds is 25. The number of hydrogen-bond acceptors (Lipinski definition) is 7. The number of carbonyl (C=O) groups is 3. The molecule has 46 heavy (non-hydrogen) atoms. The highest BCUT2D eigenvalue weighted by Crippen LogP contribution is 2.61. The van der Waals surface area contributed by atoms with Crippen LogP contribution in [-0.4, -0.2) is 63.3 Å². The maximum absolute atomic E-state index is 12.8. The maximum Gasteiger partial charge on any atom is 0.320 e. The molecule has 7 heteroatoms. The smallest absolute Gasteiger partial charge is 0.320 e. The molecule has 0 amide bonds. The van der Waals surface area contributed by atoms with Crippen LogP contribution in [0.15, 0.2) is 24.3 Å². The van der Waals surface area contributed by atoms with Gasteiger partial charge in [-0.25, -0.2) is 0 Å². The van der Waals surface area contributed by atoms with Crippen LogP contribution in [0.5, 0.6) is 0 Å². The van der Waals surface area contributed by atoms with Crippen molar-refractivity contribution in [3.8, 4) is 0 Å². The number of nitrogens with zero attached hydrogens (tertiary/aromatic N) is 1. The first-order valence-electron chi connectivity index (χ1n) is 18.7. The lowest BCUT2D eigenvalue weighted by molar-refractivity contribution is -0.154. The molecule has 4 bridgehead atoms. The molecule has 4 saturated carbocycles. The third kappa shape index (κ3) is 15.6. The van der Waals surface area contributed by atoms with Gasteiger partial charge >= 0.3 is 17.9 Å². The van der Waals surface area contributed by atoms with Crippen LogP contribution in [0.25, 0.3) is 0 Å². The molecule has 0 spiro atoms. The fourth-order valence-corrected chi connectivity index (χ4v) is 8.27. The summed E-state index contributed by atoms with van der Waals surface area (Å²) in [5, 5.41) is 0. The molecule has 0 saturated heterocycles. The molecule has 4 fully saturated rings. The number of likely N-dealkylation sites (N-methyl/N-ethyl adjacent to an activating group) is 1. The van der Waals surface area contributed by atoms with Gasteiger partial charge in [0.1, 0.15) is 19.8 Å². The number of allylic oxidation sites excluding steroid dienone is 4. The van der Waals surface area contributed by atoms with Gasteiger partial charge in [-0.1, -0.05) is 63.3 Å². The number of esters is 3. The van der Waals surface area contributed by atoms with E-state index in [1.165, 1.54) is 77.0 Å². The lowest BCUT2D eigenvalue weighted by Gasteiger charge is -2.57. The van der Waals surface area contributed by atoms with Crippen LogP contribution in [-0.2, 0) is 28.6 Å². The van der Waals surface area contributed by atoms with Crippen molar-refractivity contribution in [2.45, 2.75) is 135 Å². The van der Waals surface area contributed by atoms with Gasteiger partial charge in [-0.3, -0.25) is 19.3 Å². The molecular formula is C39H65NO6. The monoisotopic (exact) mass is 643 g/mol. The summed E-state index contributed by atoms with van der Waals surface area (Å²) in [4.78, 5) is 39.1. The van der Waals surface area contributed by atoms with Gasteiger partial charge in [0.05, 0.1) is 12.5 Å². The molecule has 0 aromatic rings. The minimum Gasteiger partial charge on any atom is -0.465 e. The van der Waals surface area contributed by atoms with Gasteiger partial charge < -0.3 is 14.2 Å². The Morgan fingerprint density at radius 3 is 1.74 bits per heavy atom. The van der Waals surface area contributed by atoms with Crippen LogP contribution in [0, 0.1) is 29.1 Å². The molecule has 4 aliphatic rings. The summed E-state index contributed by atoms with van der Waals surface area (Å²) < 4.78 is 16.6. The predicted octanol–water partition coefficient (Wildman–Crippen LogP) is 8.60. The van der Waals surface area contributed by atoms with Crippen molar-refractivity contribution >= 4 is 17.9 Å². The van der Waals surface area contributed by atoms with Gasteiger partial charge in [0.25, 0.3) is 0 Å². The van der Waals surface area contributed by atoms with E-state index >= 15 is 0 Å². The van der Waals surface area contributed by atoms with E-state index < -0.39 is 0 Å². The van der Waals surface area contributed by atoms with Gasteiger partial charge in [-0.15, -0.1) is 0 Å². The molecule has 1 unspecified atom stereocenters. The van der Waals surface area contributed by atoms with Crippen LogP contribution >= 0.6 is 0 Å². The van der Waals surface area contributed by atoms with Crippen LogP contribution in [0.4, 0.5) is 0 Å². The average Bonchev–Trinajstić information content (AvgIpc) is 3.00. The molecule has 4 rings (SSSR count). The van der Waals surface area contributed by atoms with E-state index in [2.05, 4.69) is 31.2 Å². The zero-order valence-electron chi connectivity index (χ0n) is 29.5. The fourth-order valence-electron chi connectivity index (χ4n) is 8.27. The second-order valence-corrected chi connectivity index (χ2v) is 15.1. The van der Waals surface area contributed by atoms with Crippen LogP contribution in [0.3, 0.4) is 0 Å². The average molecular weight is 644 g/mol. The molecular weight excluding hydrogens is 578 g/mol. The number of hydrogen-bond donors (Lipinski definition) is 0. The number of unbranched alkanes of at least 4 members (excludes halogenated alkanes) is 8. The van der Waals surface area contributed by atoms with Gasteiger partial charge in [0.15, 0.2) is 0 Å². The van der Waals surface area contributed by atoms with E-state index in [-0.39, 0.29) is 50.2 Å². The summed E-state index contributed by atoms with van der Waals surface area (Å²) in [5.74, 6) is 1.43. The second-order valence-electron chi connectivity index (χ2n) is 15.1. The second kappa shape index (κ2) is 21.7. The predicted molar refractivity (Wildman–Crippen MR) is 184 cm³/mol. The Bertz CT molecular complexity index is 921. The summed E-state index contributed by atoms with van der Waals surface area (Å²) in [5.41, 5.74) is 0.340. The van der Waals surface area contributed by atoms with Crippen LogP contribution < -0.4 is 0 Å². The molecule has 0 radical (unpaired) electrons. The summed E-state index contributed by atoms with van der Waals surface area (Å²) >= 11 is 0. The van der Waals surface area contributed by atoms with Crippen molar-refractivity contribution in [2.75, 3.05) is 40.5 Å². The van der Waals surface area contributed by atoms with E-state index in [0.29, 0.717) is 18.3 Å². The Morgan fingerprint density at radius 2 is 1.17 bits per heavy atom. The van der Waals surface area contributed by atoms with Crippen molar-refractivity contribution in [1.82, 2.24) is 4.90 Å². The highest BCUT2D eigenvalue weighted by atomic mass is 16.6. The topological polar surface area (TPSA) is 82.1 Å². The third-order valence-corrected chi connectivity index (χ3v) is 10.2. The van der Waals surface area contributed by atoms with Crippen LogP contribution in [0.2, 0.25) is 0 Å². The Kier molecular flexibility index (Phi) is 18.0. The van der Waals surface area contributed by atoms with Crippen molar-refractivity contribution in [1.29, 1.82) is 0 Å². The van der Waals surface area contributed by atoms with E-state index in [4.69, 9.17) is 14.2 Å². The van der Waals surface area contributed by atoms with Crippen molar-refractivity contribution in [3.05, 3.63) is 24.3 Å². The standard InChI is InChI=1S/C39H65NO6/c1-4-5-6-7-8-9-10-11-12-13-14-15-16-17-18-19-36(41)44-29-35(31-46-38(43)28-40(2)3)30-45-37(42)20-21-39-25-32-22-33(26-39)24-34(23-32)27-39/h8-9,11-12,32-35H,4-7,10,13-31H2,1-3H3/b9-8-,12-11-. The summed E-state index contributed by atoms with van der Waals surface area (Å²) in [7, 11) is 3.61. The summed E-state index contributed by atoms with van der Waals surface area (Å²) in [6.07, 6.45) is 31.3. The molecule has 0 aromatic heterocycles. The molecule has 4 aliphatic carbocycles.